The quantitative estimate of drug-likeness (QED) is 0.783. The SMILES string of the molecule is Cc1cc(C)cc(-n2nnc(C(=O)NCCc3ccco3)c2C)c1. The molecule has 1 amide bonds. The van der Waals surface area contributed by atoms with Gasteiger partial charge in [0.05, 0.1) is 17.6 Å². The van der Waals surface area contributed by atoms with E-state index in [9.17, 15) is 4.79 Å². The van der Waals surface area contributed by atoms with E-state index in [1.807, 2.05) is 45.0 Å². The summed E-state index contributed by atoms with van der Waals surface area (Å²) in [7, 11) is 0. The van der Waals surface area contributed by atoms with Crippen molar-refractivity contribution in [3.05, 3.63) is 64.9 Å². The fraction of sp³-hybridized carbons (Fsp3) is 0.278. The summed E-state index contributed by atoms with van der Waals surface area (Å²) >= 11 is 0. The van der Waals surface area contributed by atoms with Gasteiger partial charge in [-0.3, -0.25) is 4.79 Å². The Labute approximate surface area is 140 Å². The van der Waals surface area contributed by atoms with Gasteiger partial charge in [0.15, 0.2) is 5.69 Å². The number of hydrogen-bond acceptors (Lipinski definition) is 4. The van der Waals surface area contributed by atoms with E-state index in [1.54, 1.807) is 10.9 Å². The molecule has 0 radical (unpaired) electrons. The molecule has 3 aromatic rings. The summed E-state index contributed by atoms with van der Waals surface area (Å²) in [5.74, 6) is 0.612. The first kappa shape index (κ1) is 16.0. The average Bonchev–Trinajstić information content (AvgIpc) is 3.15. The van der Waals surface area contributed by atoms with Gasteiger partial charge in [-0.25, -0.2) is 4.68 Å². The minimum absolute atomic E-state index is 0.227. The number of carbonyl (C=O) groups excluding carboxylic acids is 1. The molecule has 2 aromatic heterocycles. The molecule has 0 unspecified atom stereocenters. The number of aromatic nitrogens is 3. The second kappa shape index (κ2) is 6.70. The lowest BCUT2D eigenvalue weighted by Gasteiger charge is -2.07. The van der Waals surface area contributed by atoms with Crippen LogP contribution in [0.4, 0.5) is 0 Å². The zero-order valence-electron chi connectivity index (χ0n) is 14.0. The van der Waals surface area contributed by atoms with Crippen LogP contribution < -0.4 is 5.32 Å². The Kier molecular flexibility index (Phi) is 4.46. The Hall–Kier alpha value is -2.89. The molecule has 0 spiro atoms. The summed E-state index contributed by atoms with van der Waals surface area (Å²) in [5, 5.41) is 11.0. The smallest absolute Gasteiger partial charge is 0.273 e. The Balaban J connectivity index is 1.73. The van der Waals surface area contributed by atoms with E-state index >= 15 is 0 Å². The highest BCUT2D eigenvalue weighted by atomic mass is 16.3. The van der Waals surface area contributed by atoms with E-state index in [0.717, 1.165) is 28.3 Å². The molecule has 0 aliphatic heterocycles. The predicted molar refractivity (Wildman–Crippen MR) is 90.3 cm³/mol. The molecule has 0 aliphatic rings. The van der Waals surface area contributed by atoms with E-state index in [0.29, 0.717) is 18.7 Å². The molecule has 0 fully saturated rings. The molecule has 0 saturated carbocycles. The summed E-state index contributed by atoms with van der Waals surface area (Å²) in [6, 6.07) is 9.85. The standard InChI is InChI=1S/C18H20N4O2/c1-12-9-13(2)11-15(10-12)22-14(3)17(20-21-22)18(23)19-7-6-16-5-4-8-24-16/h4-5,8-11H,6-7H2,1-3H3,(H,19,23). The lowest BCUT2D eigenvalue weighted by Crippen LogP contribution is -2.26. The second-order valence-electron chi connectivity index (χ2n) is 5.87. The number of carbonyl (C=O) groups is 1. The number of benzene rings is 1. The van der Waals surface area contributed by atoms with Gasteiger partial charge in [-0.05, 0) is 56.2 Å². The van der Waals surface area contributed by atoms with E-state index in [2.05, 4.69) is 21.7 Å². The van der Waals surface area contributed by atoms with Crippen molar-refractivity contribution in [3.8, 4) is 5.69 Å². The van der Waals surface area contributed by atoms with Crippen LogP contribution in [0.2, 0.25) is 0 Å². The van der Waals surface area contributed by atoms with Crippen LogP contribution in [-0.2, 0) is 6.42 Å². The zero-order chi connectivity index (χ0) is 17.1. The molecule has 1 N–H and O–H groups in total. The first-order chi connectivity index (χ1) is 11.5. The molecule has 0 bridgehead atoms. The van der Waals surface area contributed by atoms with Crippen molar-refractivity contribution >= 4 is 5.91 Å². The van der Waals surface area contributed by atoms with Gasteiger partial charge in [-0.2, -0.15) is 0 Å². The van der Waals surface area contributed by atoms with Crippen LogP contribution in [0.5, 0.6) is 0 Å². The molecule has 124 valence electrons. The highest BCUT2D eigenvalue weighted by molar-refractivity contribution is 5.93. The van der Waals surface area contributed by atoms with Crippen LogP contribution >= 0.6 is 0 Å². The fourth-order valence-electron chi connectivity index (χ4n) is 2.69. The van der Waals surface area contributed by atoms with Crippen molar-refractivity contribution in [2.45, 2.75) is 27.2 Å². The summed E-state index contributed by atoms with van der Waals surface area (Å²) in [6.45, 7) is 6.40. The van der Waals surface area contributed by atoms with E-state index in [1.165, 1.54) is 0 Å². The third-order valence-electron chi connectivity index (χ3n) is 3.80. The number of aryl methyl sites for hydroxylation is 2. The lowest BCUT2D eigenvalue weighted by atomic mass is 10.1. The summed E-state index contributed by atoms with van der Waals surface area (Å²) < 4.78 is 6.94. The van der Waals surface area contributed by atoms with Gasteiger partial charge in [0.2, 0.25) is 0 Å². The summed E-state index contributed by atoms with van der Waals surface area (Å²) in [4.78, 5) is 12.3. The van der Waals surface area contributed by atoms with Crippen LogP contribution in [-0.4, -0.2) is 27.4 Å². The molecule has 6 heteroatoms. The van der Waals surface area contributed by atoms with Crippen molar-refractivity contribution in [1.82, 2.24) is 20.3 Å². The van der Waals surface area contributed by atoms with Crippen molar-refractivity contribution in [2.24, 2.45) is 0 Å². The Morgan fingerprint density at radius 3 is 2.62 bits per heavy atom. The highest BCUT2D eigenvalue weighted by Crippen LogP contribution is 2.16. The van der Waals surface area contributed by atoms with E-state index in [4.69, 9.17) is 4.42 Å². The van der Waals surface area contributed by atoms with Crippen LogP contribution in [0.15, 0.2) is 41.0 Å². The fourth-order valence-corrected chi connectivity index (χ4v) is 2.69. The Bertz CT molecular complexity index is 830. The predicted octanol–water partition coefficient (Wildman–Crippen LogP) is 2.76. The first-order valence-corrected chi connectivity index (χ1v) is 7.86. The normalized spacial score (nSPS) is 10.8. The van der Waals surface area contributed by atoms with Crippen molar-refractivity contribution in [1.29, 1.82) is 0 Å². The van der Waals surface area contributed by atoms with Gasteiger partial charge in [0, 0.05) is 13.0 Å². The van der Waals surface area contributed by atoms with Crippen molar-refractivity contribution in [2.75, 3.05) is 6.54 Å². The largest absolute Gasteiger partial charge is 0.469 e. The molecule has 24 heavy (non-hydrogen) atoms. The maximum atomic E-state index is 12.3. The van der Waals surface area contributed by atoms with Gasteiger partial charge in [0.1, 0.15) is 5.76 Å². The number of amides is 1. The maximum Gasteiger partial charge on any atom is 0.273 e. The average molecular weight is 324 g/mol. The molecule has 2 heterocycles. The van der Waals surface area contributed by atoms with Crippen molar-refractivity contribution in [3.63, 3.8) is 0 Å². The molecular formula is C18H20N4O2. The molecule has 0 atom stereocenters. The maximum absolute atomic E-state index is 12.3. The number of hydrogen-bond donors (Lipinski definition) is 1. The highest BCUT2D eigenvalue weighted by Gasteiger charge is 2.17. The number of nitrogens with one attached hydrogen (secondary N) is 1. The molecule has 0 aliphatic carbocycles. The van der Waals surface area contributed by atoms with Gasteiger partial charge in [0.25, 0.3) is 5.91 Å². The van der Waals surface area contributed by atoms with Crippen LogP contribution in [0.25, 0.3) is 5.69 Å². The van der Waals surface area contributed by atoms with Crippen LogP contribution in [0.3, 0.4) is 0 Å². The van der Waals surface area contributed by atoms with Gasteiger partial charge in [-0.15, -0.1) is 5.10 Å². The minimum atomic E-state index is -0.227. The van der Waals surface area contributed by atoms with E-state index < -0.39 is 0 Å². The summed E-state index contributed by atoms with van der Waals surface area (Å²) in [6.07, 6.45) is 2.26. The third-order valence-corrected chi connectivity index (χ3v) is 3.80. The molecule has 0 saturated heterocycles. The zero-order valence-corrected chi connectivity index (χ0v) is 14.0. The topological polar surface area (TPSA) is 73.0 Å². The minimum Gasteiger partial charge on any atom is -0.469 e. The van der Waals surface area contributed by atoms with Gasteiger partial charge < -0.3 is 9.73 Å². The summed E-state index contributed by atoms with van der Waals surface area (Å²) in [5.41, 5.74) is 4.25. The third kappa shape index (κ3) is 3.37. The van der Waals surface area contributed by atoms with Gasteiger partial charge >= 0.3 is 0 Å². The van der Waals surface area contributed by atoms with Crippen LogP contribution in [0, 0.1) is 20.8 Å². The first-order valence-electron chi connectivity index (χ1n) is 7.86. The number of nitrogens with zero attached hydrogens (tertiary/aromatic N) is 3. The molecule has 1 aromatic carbocycles. The van der Waals surface area contributed by atoms with Crippen molar-refractivity contribution < 1.29 is 9.21 Å². The van der Waals surface area contributed by atoms with E-state index in [-0.39, 0.29) is 5.91 Å². The lowest BCUT2D eigenvalue weighted by molar-refractivity contribution is 0.0948. The number of furan rings is 1. The molecular weight excluding hydrogens is 304 g/mol. The Morgan fingerprint density at radius 2 is 1.96 bits per heavy atom. The molecule has 6 nitrogen and oxygen atoms in total. The second-order valence-corrected chi connectivity index (χ2v) is 5.87. The molecule has 3 rings (SSSR count). The van der Waals surface area contributed by atoms with Gasteiger partial charge in [-0.1, -0.05) is 11.3 Å². The number of rotatable bonds is 5. The Morgan fingerprint density at radius 1 is 1.21 bits per heavy atom. The van der Waals surface area contributed by atoms with Crippen LogP contribution in [0.1, 0.15) is 33.1 Å². The monoisotopic (exact) mass is 324 g/mol.